The van der Waals surface area contributed by atoms with Gasteiger partial charge in [-0.3, -0.25) is 14.9 Å². The summed E-state index contributed by atoms with van der Waals surface area (Å²) >= 11 is 0. The summed E-state index contributed by atoms with van der Waals surface area (Å²) in [5, 5.41) is 3.42. The van der Waals surface area contributed by atoms with E-state index in [1.807, 2.05) is 5.43 Å². The molecule has 0 saturated carbocycles. The summed E-state index contributed by atoms with van der Waals surface area (Å²) in [5.41, 5.74) is 1.47. The van der Waals surface area contributed by atoms with Crippen LogP contribution in [0.3, 0.4) is 0 Å². The number of aryl methyl sites for hydroxylation is 1. The third-order valence-electron chi connectivity index (χ3n) is 2.64. The standard InChI is InChI=1S/C11H11F3N4O2/c1-6-7(4-8(20-6)10(19)16-15)5-18-3-2-9(17-18)11(12,13)14/h2-4H,5,15H2,1H3,(H,16,19). The monoisotopic (exact) mass is 288 g/mol. The van der Waals surface area contributed by atoms with Crippen LogP contribution in [0, 0.1) is 6.92 Å². The lowest BCUT2D eigenvalue weighted by Gasteiger charge is -2.02. The number of aromatic nitrogens is 2. The summed E-state index contributed by atoms with van der Waals surface area (Å²) in [5.74, 6) is 4.75. The lowest BCUT2D eigenvalue weighted by Crippen LogP contribution is -2.29. The summed E-state index contributed by atoms with van der Waals surface area (Å²) in [7, 11) is 0. The van der Waals surface area contributed by atoms with Crippen molar-refractivity contribution in [2.45, 2.75) is 19.6 Å². The minimum absolute atomic E-state index is 0.0109. The van der Waals surface area contributed by atoms with Crippen molar-refractivity contribution in [3.05, 3.63) is 41.1 Å². The van der Waals surface area contributed by atoms with Gasteiger partial charge in [0.1, 0.15) is 5.76 Å². The summed E-state index contributed by atoms with van der Waals surface area (Å²) in [4.78, 5) is 11.3. The molecule has 1 amide bonds. The highest BCUT2D eigenvalue weighted by atomic mass is 19.4. The van der Waals surface area contributed by atoms with Gasteiger partial charge in [0.2, 0.25) is 0 Å². The van der Waals surface area contributed by atoms with Crippen LogP contribution >= 0.6 is 0 Å². The van der Waals surface area contributed by atoms with Gasteiger partial charge in [-0.05, 0) is 19.1 Å². The summed E-state index contributed by atoms with van der Waals surface area (Å²) in [6.45, 7) is 1.65. The minimum Gasteiger partial charge on any atom is -0.456 e. The van der Waals surface area contributed by atoms with E-state index >= 15 is 0 Å². The molecule has 6 nitrogen and oxygen atoms in total. The molecule has 2 aromatic rings. The number of carbonyl (C=O) groups is 1. The van der Waals surface area contributed by atoms with E-state index in [1.54, 1.807) is 6.92 Å². The van der Waals surface area contributed by atoms with Crippen LogP contribution in [0.5, 0.6) is 0 Å². The number of carbonyl (C=O) groups excluding carboxylic acids is 1. The lowest BCUT2D eigenvalue weighted by atomic mass is 10.2. The van der Waals surface area contributed by atoms with E-state index in [4.69, 9.17) is 10.3 Å². The number of furan rings is 1. The predicted molar refractivity (Wildman–Crippen MR) is 61.4 cm³/mol. The highest BCUT2D eigenvalue weighted by Crippen LogP contribution is 2.27. The van der Waals surface area contributed by atoms with E-state index in [9.17, 15) is 18.0 Å². The Morgan fingerprint density at radius 2 is 2.25 bits per heavy atom. The number of nitrogens with one attached hydrogen (secondary N) is 1. The molecule has 3 N–H and O–H groups in total. The van der Waals surface area contributed by atoms with Crippen LogP contribution in [-0.2, 0) is 12.7 Å². The van der Waals surface area contributed by atoms with Crippen molar-refractivity contribution in [2.75, 3.05) is 0 Å². The zero-order valence-electron chi connectivity index (χ0n) is 10.4. The number of rotatable bonds is 3. The molecule has 108 valence electrons. The Kier molecular flexibility index (Phi) is 3.53. The molecule has 2 aromatic heterocycles. The fraction of sp³-hybridized carbons (Fsp3) is 0.273. The SMILES string of the molecule is Cc1oc(C(=O)NN)cc1Cn1ccc(C(F)(F)F)n1. The Hall–Kier alpha value is -2.29. The summed E-state index contributed by atoms with van der Waals surface area (Å²) < 4.78 is 43.5. The van der Waals surface area contributed by atoms with Gasteiger partial charge < -0.3 is 4.42 Å². The molecule has 0 saturated heterocycles. The molecule has 0 bridgehead atoms. The molecule has 2 heterocycles. The van der Waals surface area contributed by atoms with E-state index in [1.165, 1.54) is 12.3 Å². The first kappa shape index (κ1) is 14.1. The zero-order chi connectivity index (χ0) is 14.9. The number of nitrogens with two attached hydrogens (primary N) is 1. The molecule has 0 aliphatic rings. The first-order chi connectivity index (χ1) is 9.31. The maximum Gasteiger partial charge on any atom is 0.435 e. The molecule has 0 fully saturated rings. The van der Waals surface area contributed by atoms with Crippen molar-refractivity contribution >= 4 is 5.91 Å². The second-order valence-corrected chi connectivity index (χ2v) is 4.06. The quantitative estimate of drug-likeness (QED) is 0.508. The Morgan fingerprint density at radius 3 is 2.80 bits per heavy atom. The average molecular weight is 288 g/mol. The normalized spacial score (nSPS) is 11.7. The van der Waals surface area contributed by atoms with E-state index < -0.39 is 17.8 Å². The maximum atomic E-state index is 12.4. The molecular weight excluding hydrogens is 277 g/mol. The van der Waals surface area contributed by atoms with Crippen molar-refractivity contribution in [3.63, 3.8) is 0 Å². The van der Waals surface area contributed by atoms with Gasteiger partial charge in [0.25, 0.3) is 0 Å². The smallest absolute Gasteiger partial charge is 0.435 e. The van der Waals surface area contributed by atoms with Crippen molar-refractivity contribution in [1.29, 1.82) is 0 Å². The van der Waals surface area contributed by atoms with Gasteiger partial charge in [0.15, 0.2) is 11.5 Å². The molecule has 2 rings (SSSR count). The first-order valence-electron chi connectivity index (χ1n) is 5.52. The van der Waals surface area contributed by atoms with E-state index in [-0.39, 0.29) is 12.3 Å². The van der Waals surface area contributed by atoms with E-state index in [2.05, 4.69) is 5.10 Å². The van der Waals surface area contributed by atoms with Gasteiger partial charge in [0, 0.05) is 11.8 Å². The van der Waals surface area contributed by atoms with Crippen molar-refractivity contribution in [3.8, 4) is 0 Å². The fourth-order valence-electron chi connectivity index (χ4n) is 1.64. The largest absolute Gasteiger partial charge is 0.456 e. The number of nitrogen functional groups attached to an aromatic ring is 1. The predicted octanol–water partition coefficient (Wildman–Crippen LogP) is 1.46. The maximum absolute atomic E-state index is 12.4. The third-order valence-corrected chi connectivity index (χ3v) is 2.64. The van der Waals surface area contributed by atoms with Gasteiger partial charge in [-0.2, -0.15) is 18.3 Å². The van der Waals surface area contributed by atoms with Crippen LogP contribution in [0.25, 0.3) is 0 Å². The number of hydrazine groups is 1. The fourth-order valence-corrected chi connectivity index (χ4v) is 1.64. The summed E-state index contributed by atoms with van der Waals surface area (Å²) in [6, 6.07) is 2.29. The third kappa shape index (κ3) is 2.82. The molecule has 0 aromatic carbocycles. The highest BCUT2D eigenvalue weighted by molar-refractivity contribution is 5.91. The number of halogens is 3. The molecule has 0 aliphatic carbocycles. The van der Waals surface area contributed by atoms with Crippen LogP contribution < -0.4 is 11.3 Å². The second-order valence-electron chi connectivity index (χ2n) is 4.06. The molecule has 0 spiro atoms. The van der Waals surface area contributed by atoms with Crippen molar-refractivity contribution in [2.24, 2.45) is 5.84 Å². The summed E-state index contributed by atoms with van der Waals surface area (Å²) in [6.07, 6.45) is -3.28. The molecule has 0 atom stereocenters. The zero-order valence-corrected chi connectivity index (χ0v) is 10.4. The van der Waals surface area contributed by atoms with Gasteiger partial charge in [-0.15, -0.1) is 0 Å². The molecule has 0 radical (unpaired) electrons. The van der Waals surface area contributed by atoms with Crippen LogP contribution in [0.1, 0.15) is 27.6 Å². The number of alkyl halides is 3. The minimum atomic E-state index is -4.48. The Morgan fingerprint density at radius 1 is 1.55 bits per heavy atom. The van der Waals surface area contributed by atoms with Gasteiger partial charge >= 0.3 is 12.1 Å². The van der Waals surface area contributed by atoms with Gasteiger partial charge in [-0.1, -0.05) is 0 Å². The van der Waals surface area contributed by atoms with E-state index in [0.717, 1.165) is 10.7 Å². The number of hydrogen-bond donors (Lipinski definition) is 2. The average Bonchev–Trinajstić information content (AvgIpc) is 2.96. The topological polar surface area (TPSA) is 86.1 Å². The highest BCUT2D eigenvalue weighted by Gasteiger charge is 2.33. The van der Waals surface area contributed by atoms with Crippen molar-refractivity contribution in [1.82, 2.24) is 15.2 Å². The lowest BCUT2D eigenvalue weighted by molar-refractivity contribution is -0.141. The number of hydrogen-bond acceptors (Lipinski definition) is 4. The molecule has 20 heavy (non-hydrogen) atoms. The Bertz CT molecular complexity index is 630. The van der Waals surface area contributed by atoms with Gasteiger partial charge in [-0.25, -0.2) is 5.84 Å². The Balaban J connectivity index is 2.20. The Labute approximate surface area is 111 Å². The molecular formula is C11H11F3N4O2. The van der Waals surface area contributed by atoms with Crippen LogP contribution in [0.2, 0.25) is 0 Å². The molecule has 0 unspecified atom stereocenters. The molecule has 0 aliphatic heterocycles. The van der Waals surface area contributed by atoms with Crippen LogP contribution in [-0.4, -0.2) is 15.7 Å². The van der Waals surface area contributed by atoms with E-state index in [0.29, 0.717) is 11.3 Å². The number of nitrogens with zero attached hydrogens (tertiary/aromatic N) is 2. The van der Waals surface area contributed by atoms with Crippen LogP contribution in [0.4, 0.5) is 13.2 Å². The number of amides is 1. The first-order valence-corrected chi connectivity index (χ1v) is 5.52. The molecule has 9 heteroatoms. The van der Waals surface area contributed by atoms with Crippen LogP contribution in [0.15, 0.2) is 22.7 Å². The second kappa shape index (κ2) is 5.00. The van der Waals surface area contributed by atoms with Gasteiger partial charge in [0.05, 0.1) is 6.54 Å². The van der Waals surface area contributed by atoms with Crippen molar-refractivity contribution < 1.29 is 22.4 Å².